The zero-order valence-electron chi connectivity index (χ0n) is 18.8. The summed E-state index contributed by atoms with van der Waals surface area (Å²) >= 11 is 1.75. The molecule has 0 aromatic heterocycles. The van der Waals surface area contributed by atoms with Gasteiger partial charge in [-0.1, -0.05) is 26.0 Å². The number of fused-ring (bicyclic) bond motifs is 2. The molecule has 0 unspecified atom stereocenters. The van der Waals surface area contributed by atoms with E-state index in [1.165, 1.54) is 21.5 Å². The van der Waals surface area contributed by atoms with Crippen LogP contribution in [0.3, 0.4) is 0 Å². The van der Waals surface area contributed by atoms with Crippen LogP contribution in [0.5, 0.6) is 0 Å². The quantitative estimate of drug-likeness (QED) is 0.254. The molecule has 0 amide bonds. The number of benzene rings is 2. The van der Waals surface area contributed by atoms with Crippen molar-refractivity contribution in [3.8, 4) is 0 Å². The van der Waals surface area contributed by atoms with Gasteiger partial charge in [-0.25, -0.2) is 0 Å². The molecule has 0 aliphatic carbocycles. The molecule has 2 N–H and O–H groups in total. The van der Waals surface area contributed by atoms with E-state index in [9.17, 15) is 9.59 Å². The summed E-state index contributed by atoms with van der Waals surface area (Å²) in [5, 5.41) is 21.2. The van der Waals surface area contributed by atoms with Gasteiger partial charge in [-0.2, -0.15) is 35.0 Å². The van der Waals surface area contributed by atoms with Gasteiger partial charge in [-0.3, -0.25) is 9.59 Å². The van der Waals surface area contributed by atoms with Gasteiger partial charge in [0.2, 0.25) is 0 Å². The van der Waals surface area contributed by atoms with Crippen LogP contribution in [0, 0.1) is 0 Å². The minimum absolute atomic E-state index is 0.292. The molecule has 32 heavy (non-hydrogen) atoms. The van der Waals surface area contributed by atoms with Gasteiger partial charge in [0.15, 0.2) is 0 Å². The molecule has 0 aliphatic rings. The molecule has 0 saturated carbocycles. The van der Waals surface area contributed by atoms with E-state index in [1.807, 2.05) is 13.8 Å². The molecular formula is C27H32O4Ti. The maximum atomic E-state index is 9.60. The van der Waals surface area contributed by atoms with Gasteiger partial charge in [0.1, 0.15) is 0 Å². The van der Waals surface area contributed by atoms with Crippen molar-refractivity contribution in [1.29, 1.82) is 0 Å². The van der Waals surface area contributed by atoms with Crippen molar-refractivity contribution >= 4 is 38.3 Å². The van der Waals surface area contributed by atoms with Gasteiger partial charge in [0, 0.05) is 12.8 Å². The average molecular weight is 468 g/mol. The Bertz CT molecular complexity index is 874. The first-order chi connectivity index (χ1) is 15.5. The standard InChI is InChI=1S/2C9H7.2C4H8O2.CH2.Ti/c2*1-2-5-9-7-3-6-8(9)4-1;2*1-2-3-4(5)6;;/h2*1-7H;2*2-3H2,1H3,(H,5,6);1H2;/q2*-1;;;;+2. The SMILES string of the molecule is CCCC(=O)O.CCCC(=O)O.[CH2]=[Ti+2].c1ccc2[cH-]ccc2c1.c1ccc2[cH-]ccc2c1. The van der Waals surface area contributed by atoms with Crippen molar-refractivity contribution < 1.29 is 39.8 Å². The molecule has 4 aromatic carbocycles. The first kappa shape index (κ1) is 29.2. The Morgan fingerprint density at radius 3 is 1.31 bits per heavy atom. The summed E-state index contributed by atoms with van der Waals surface area (Å²) in [5.74, 6) is -1.42. The Hall–Kier alpha value is -2.82. The van der Waals surface area contributed by atoms with Crippen LogP contribution in [0.4, 0.5) is 0 Å². The van der Waals surface area contributed by atoms with E-state index in [1.54, 1.807) is 20.0 Å². The molecule has 0 spiro atoms. The maximum Gasteiger partial charge on any atom is -0.0809 e. The molecule has 0 bridgehead atoms. The average Bonchev–Trinajstić information content (AvgIpc) is 3.46. The normalized spacial score (nSPS) is 9.00. The van der Waals surface area contributed by atoms with Crippen molar-refractivity contribution in [3.05, 3.63) is 84.9 Å². The van der Waals surface area contributed by atoms with Gasteiger partial charge in [0.25, 0.3) is 0 Å². The van der Waals surface area contributed by atoms with E-state index in [4.69, 9.17) is 10.2 Å². The Labute approximate surface area is 202 Å². The molecule has 4 rings (SSSR count). The van der Waals surface area contributed by atoms with Crippen molar-refractivity contribution in [3.63, 3.8) is 0 Å². The molecule has 0 heterocycles. The van der Waals surface area contributed by atoms with Crippen LogP contribution in [-0.4, -0.2) is 27.0 Å². The minimum atomic E-state index is -0.711. The number of carboxylic acids is 2. The van der Waals surface area contributed by atoms with Crippen LogP contribution in [0.1, 0.15) is 39.5 Å². The summed E-state index contributed by atoms with van der Waals surface area (Å²) in [4.78, 5) is 22.4. The predicted octanol–water partition coefficient (Wildman–Crippen LogP) is 6.82. The van der Waals surface area contributed by atoms with Crippen molar-refractivity contribution in [1.82, 2.24) is 0 Å². The van der Waals surface area contributed by atoms with E-state index in [0.29, 0.717) is 12.8 Å². The summed E-state index contributed by atoms with van der Waals surface area (Å²) < 4.78 is 0. The molecule has 5 heteroatoms. The molecule has 168 valence electrons. The zero-order chi connectivity index (χ0) is 24.2. The maximum absolute atomic E-state index is 9.60. The third-order valence-electron chi connectivity index (χ3n) is 4.02. The Kier molecular flexibility index (Phi) is 17.2. The first-order valence-electron chi connectivity index (χ1n) is 10.5. The van der Waals surface area contributed by atoms with Crippen molar-refractivity contribution in [2.24, 2.45) is 0 Å². The summed E-state index contributed by atoms with van der Waals surface area (Å²) in [6, 6.07) is 29.3. The largest absolute Gasteiger partial charge is 0.168 e. The van der Waals surface area contributed by atoms with E-state index in [-0.39, 0.29) is 0 Å². The Balaban J connectivity index is 0.000000399. The summed E-state index contributed by atoms with van der Waals surface area (Å²) in [5.41, 5.74) is 0. The van der Waals surface area contributed by atoms with Gasteiger partial charge in [-0.15, -0.1) is 59.3 Å². The topological polar surface area (TPSA) is 74.6 Å². The van der Waals surface area contributed by atoms with Gasteiger partial charge in [0.05, 0.1) is 0 Å². The van der Waals surface area contributed by atoms with Gasteiger partial charge in [-0.05, 0) is 12.8 Å². The Morgan fingerprint density at radius 2 is 1.06 bits per heavy atom. The van der Waals surface area contributed by atoms with Crippen LogP contribution in [0.25, 0.3) is 21.5 Å². The molecule has 4 aromatic rings. The number of rotatable bonds is 4. The third kappa shape index (κ3) is 13.5. The molecule has 0 aliphatic heterocycles. The fourth-order valence-electron chi connectivity index (χ4n) is 2.57. The molecule has 0 saturated heterocycles. The fourth-order valence-corrected chi connectivity index (χ4v) is 2.57. The van der Waals surface area contributed by atoms with E-state index in [2.05, 4.69) is 89.7 Å². The van der Waals surface area contributed by atoms with Crippen LogP contribution in [0.15, 0.2) is 84.9 Å². The van der Waals surface area contributed by atoms with E-state index < -0.39 is 11.9 Å². The predicted molar refractivity (Wildman–Crippen MR) is 131 cm³/mol. The summed E-state index contributed by atoms with van der Waals surface area (Å²) in [7, 11) is 0. The van der Waals surface area contributed by atoms with Crippen molar-refractivity contribution in [2.45, 2.75) is 39.5 Å². The van der Waals surface area contributed by atoms with Crippen LogP contribution in [0.2, 0.25) is 0 Å². The number of aliphatic carboxylic acids is 2. The second kappa shape index (κ2) is 18.9. The third-order valence-corrected chi connectivity index (χ3v) is 4.02. The monoisotopic (exact) mass is 468 g/mol. The molecule has 0 radical (unpaired) electrons. The second-order valence-electron chi connectivity index (χ2n) is 6.60. The number of carboxylic acid groups (broad SMARTS) is 2. The number of carbonyl (C=O) groups is 2. The van der Waals surface area contributed by atoms with Crippen LogP contribution < -0.4 is 0 Å². The van der Waals surface area contributed by atoms with Crippen LogP contribution in [-0.2, 0) is 29.6 Å². The summed E-state index contributed by atoms with van der Waals surface area (Å²) in [6.07, 6.45) is 2.05. The van der Waals surface area contributed by atoms with Gasteiger partial charge >= 0.3 is 36.7 Å². The fraction of sp³-hybridized carbons (Fsp3) is 0.222. The first-order valence-corrected chi connectivity index (χ1v) is 11.6. The molecule has 0 atom stereocenters. The van der Waals surface area contributed by atoms with Crippen molar-refractivity contribution in [2.75, 3.05) is 0 Å². The number of hydrogen-bond acceptors (Lipinski definition) is 2. The van der Waals surface area contributed by atoms with Gasteiger partial charge < -0.3 is 10.2 Å². The minimum Gasteiger partial charge on any atom is -0.168 e. The van der Waals surface area contributed by atoms with E-state index >= 15 is 0 Å². The summed E-state index contributed by atoms with van der Waals surface area (Å²) in [6.45, 7) is 3.68. The smallest absolute Gasteiger partial charge is 0.0809 e. The number of hydrogen-bond donors (Lipinski definition) is 2. The Morgan fingerprint density at radius 1 is 0.719 bits per heavy atom. The van der Waals surface area contributed by atoms with Crippen LogP contribution >= 0.6 is 0 Å². The zero-order valence-corrected chi connectivity index (χ0v) is 20.4. The molecule has 4 nitrogen and oxygen atoms in total. The molecule has 0 fully saturated rings. The molecular weight excluding hydrogens is 436 g/mol. The second-order valence-corrected chi connectivity index (χ2v) is 6.60. The van der Waals surface area contributed by atoms with E-state index in [0.717, 1.165) is 12.8 Å².